The van der Waals surface area contributed by atoms with Crippen molar-refractivity contribution >= 4 is 29.9 Å². The Kier molecular flexibility index (Phi) is 7.07. The fourth-order valence-corrected chi connectivity index (χ4v) is 4.42. The van der Waals surface area contributed by atoms with Crippen molar-refractivity contribution in [2.45, 2.75) is 65.0 Å². The number of hydrogen-bond donors (Lipinski definition) is 3. The number of benzene rings is 1. The Labute approximate surface area is 162 Å². The van der Waals surface area contributed by atoms with E-state index in [1.807, 2.05) is 32.9 Å². The number of carbonyl (C=O) groups is 2. The molecule has 2 aliphatic heterocycles. The van der Waals surface area contributed by atoms with E-state index in [0.29, 0.717) is 24.4 Å². The summed E-state index contributed by atoms with van der Waals surface area (Å²) >= 11 is 0. The van der Waals surface area contributed by atoms with Crippen LogP contribution < -0.4 is 16.0 Å². The second kappa shape index (κ2) is 8.87. The molecule has 6 heteroatoms. The average molecular weight is 380 g/mol. The summed E-state index contributed by atoms with van der Waals surface area (Å²) in [5, 5.41) is 9.29. The third-order valence-corrected chi connectivity index (χ3v) is 5.43. The van der Waals surface area contributed by atoms with Gasteiger partial charge in [-0.1, -0.05) is 17.7 Å². The van der Waals surface area contributed by atoms with Gasteiger partial charge in [0.2, 0.25) is 11.8 Å². The summed E-state index contributed by atoms with van der Waals surface area (Å²) in [5.74, 6) is 0.260. The van der Waals surface area contributed by atoms with E-state index in [-0.39, 0.29) is 30.8 Å². The summed E-state index contributed by atoms with van der Waals surface area (Å²) in [6.07, 6.45) is 5.17. The monoisotopic (exact) mass is 379 g/mol. The zero-order valence-electron chi connectivity index (χ0n) is 15.9. The molecule has 3 rings (SSSR count). The molecule has 0 spiro atoms. The van der Waals surface area contributed by atoms with Crippen molar-refractivity contribution in [3.05, 3.63) is 28.8 Å². The molecular formula is C20H30ClN3O2. The Hall–Kier alpha value is -1.59. The molecule has 26 heavy (non-hydrogen) atoms. The lowest BCUT2D eigenvalue weighted by atomic mass is 9.89. The lowest BCUT2D eigenvalue weighted by molar-refractivity contribution is -0.125. The maximum absolute atomic E-state index is 12.2. The van der Waals surface area contributed by atoms with Gasteiger partial charge in [-0.15, -0.1) is 12.4 Å². The highest BCUT2D eigenvalue weighted by Gasteiger charge is 2.34. The molecule has 0 aliphatic carbocycles. The smallest absolute Gasteiger partial charge is 0.243 e. The minimum absolute atomic E-state index is 0. The van der Waals surface area contributed by atoms with Crippen molar-refractivity contribution in [3.63, 3.8) is 0 Å². The second-order valence-electron chi connectivity index (χ2n) is 7.78. The molecule has 2 aliphatic rings. The molecule has 144 valence electrons. The Balaban J connectivity index is 0.00000243. The van der Waals surface area contributed by atoms with Crippen LogP contribution in [0.4, 0.5) is 5.69 Å². The molecule has 2 bridgehead atoms. The summed E-state index contributed by atoms with van der Waals surface area (Å²) < 4.78 is 0. The van der Waals surface area contributed by atoms with Gasteiger partial charge in [0.15, 0.2) is 0 Å². The topological polar surface area (TPSA) is 70.2 Å². The number of carbonyl (C=O) groups excluding carboxylic acids is 2. The quantitative estimate of drug-likeness (QED) is 0.736. The van der Waals surface area contributed by atoms with Crippen LogP contribution in [0, 0.1) is 26.7 Å². The summed E-state index contributed by atoms with van der Waals surface area (Å²) in [7, 11) is 0. The first-order valence-electron chi connectivity index (χ1n) is 9.31. The van der Waals surface area contributed by atoms with E-state index in [0.717, 1.165) is 29.7 Å². The van der Waals surface area contributed by atoms with Crippen molar-refractivity contribution < 1.29 is 9.59 Å². The number of hydrogen-bond acceptors (Lipinski definition) is 3. The molecule has 0 aromatic heterocycles. The molecule has 2 fully saturated rings. The normalized spacial score (nSPS) is 23.9. The van der Waals surface area contributed by atoms with Gasteiger partial charge in [-0.05, 0) is 63.5 Å². The van der Waals surface area contributed by atoms with Gasteiger partial charge in [-0.25, -0.2) is 0 Å². The van der Waals surface area contributed by atoms with Gasteiger partial charge in [0.05, 0.1) is 6.54 Å². The lowest BCUT2D eigenvalue weighted by Crippen LogP contribution is -2.40. The van der Waals surface area contributed by atoms with Crippen molar-refractivity contribution in [3.8, 4) is 0 Å². The van der Waals surface area contributed by atoms with Crippen molar-refractivity contribution in [2.24, 2.45) is 5.92 Å². The first kappa shape index (κ1) is 20.7. The van der Waals surface area contributed by atoms with Crippen LogP contribution in [0.25, 0.3) is 0 Å². The van der Waals surface area contributed by atoms with Crippen LogP contribution in [0.3, 0.4) is 0 Å². The first-order valence-corrected chi connectivity index (χ1v) is 9.31. The number of aryl methyl sites for hydroxylation is 3. The number of anilines is 1. The molecule has 2 amide bonds. The molecule has 2 atom stereocenters. The molecule has 1 aromatic carbocycles. The molecular weight excluding hydrogens is 350 g/mol. The van der Waals surface area contributed by atoms with E-state index in [1.165, 1.54) is 18.4 Å². The zero-order valence-corrected chi connectivity index (χ0v) is 16.7. The zero-order chi connectivity index (χ0) is 18.0. The minimum Gasteiger partial charge on any atom is -0.347 e. The molecule has 1 aromatic rings. The van der Waals surface area contributed by atoms with E-state index in [2.05, 4.69) is 16.0 Å². The summed E-state index contributed by atoms with van der Waals surface area (Å²) in [4.78, 5) is 24.3. The van der Waals surface area contributed by atoms with Crippen LogP contribution in [0.2, 0.25) is 0 Å². The Bertz CT molecular complexity index is 642. The van der Waals surface area contributed by atoms with Crippen molar-refractivity contribution in [1.82, 2.24) is 10.6 Å². The Morgan fingerprint density at radius 3 is 2.19 bits per heavy atom. The average Bonchev–Trinajstić information content (AvgIpc) is 2.87. The number of amides is 2. The third-order valence-electron chi connectivity index (χ3n) is 5.43. The molecule has 2 heterocycles. The number of rotatable bonds is 5. The van der Waals surface area contributed by atoms with E-state index >= 15 is 0 Å². The largest absolute Gasteiger partial charge is 0.347 e. The number of fused-ring (bicyclic) bond motifs is 2. The molecule has 0 radical (unpaired) electrons. The molecule has 2 saturated heterocycles. The molecule has 2 unspecified atom stereocenters. The second-order valence-corrected chi connectivity index (χ2v) is 7.78. The highest BCUT2D eigenvalue weighted by atomic mass is 35.5. The number of nitrogens with one attached hydrogen (secondary N) is 3. The fourth-order valence-electron chi connectivity index (χ4n) is 4.42. The van der Waals surface area contributed by atoms with Crippen LogP contribution in [-0.2, 0) is 9.59 Å². The fraction of sp³-hybridized carbons (Fsp3) is 0.600. The van der Waals surface area contributed by atoms with Gasteiger partial charge in [-0.2, -0.15) is 0 Å². The van der Waals surface area contributed by atoms with Gasteiger partial charge >= 0.3 is 0 Å². The SMILES string of the molecule is Cc1cc(C)c(NC(=O)CNC(=O)CC2CC3CCC(C2)N3)c(C)c1.Cl. The minimum atomic E-state index is -0.172. The Morgan fingerprint density at radius 2 is 1.62 bits per heavy atom. The summed E-state index contributed by atoms with van der Waals surface area (Å²) in [5.41, 5.74) is 4.11. The van der Waals surface area contributed by atoms with Crippen LogP contribution in [0.1, 0.15) is 48.8 Å². The molecule has 5 nitrogen and oxygen atoms in total. The van der Waals surface area contributed by atoms with Crippen molar-refractivity contribution in [2.75, 3.05) is 11.9 Å². The molecule has 3 N–H and O–H groups in total. The van der Waals surface area contributed by atoms with E-state index in [1.54, 1.807) is 0 Å². The highest BCUT2D eigenvalue weighted by Crippen LogP contribution is 2.32. The Morgan fingerprint density at radius 1 is 1.04 bits per heavy atom. The highest BCUT2D eigenvalue weighted by molar-refractivity contribution is 5.95. The van der Waals surface area contributed by atoms with E-state index in [9.17, 15) is 9.59 Å². The maximum atomic E-state index is 12.2. The van der Waals surface area contributed by atoms with Gasteiger partial charge in [0, 0.05) is 24.2 Å². The molecule has 0 saturated carbocycles. The maximum Gasteiger partial charge on any atom is 0.243 e. The van der Waals surface area contributed by atoms with E-state index in [4.69, 9.17) is 0 Å². The summed E-state index contributed by atoms with van der Waals surface area (Å²) in [6.45, 7) is 6.04. The van der Waals surface area contributed by atoms with Gasteiger partial charge in [0.1, 0.15) is 0 Å². The first-order chi connectivity index (χ1) is 11.9. The van der Waals surface area contributed by atoms with E-state index < -0.39 is 0 Å². The van der Waals surface area contributed by atoms with Crippen molar-refractivity contribution in [1.29, 1.82) is 0 Å². The predicted molar refractivity (Wildman–Crippen MR) is 107 cm³/mol. The van der Waals surface area contributed by atoms with Gasteiger partial charge < -0.3 is 16.0 Å². The van der Waals surface area contributed by atoms with Gasteiger partial charge in [0.25, 0.3) is 0 Å². The van der Waals surface area contributed by atoms with Crippen LogP contribution in [-0.4, -0.2) is 30.4 Å². The third kappa shape index (κ3) is 5.21. The van der Waals surface area contributed by atoms with Crippen LogP contribution in [0.15, 0.2) is 12.1 Å². The van der Waals surface area contributed by atoms with Gasteiger partial charge in [-0.3, -0.25) is 9.59 Å². The predicted octanol–water partition coefficient (Wildman–Crippen LogP) is 3.01. The van der Waals surface area contributed by atoms with Crippen LogP contribution in [0.5, 0.6) is 0 Å². The summed E-state index contributed by atoms with van der Waals surface area (Å²) in [6, 6.07) is 5.28. The number of halogens is 1. The van der Waals surface area contributed by atoms with Crippen LogP contribution >= 0.6 is 12.4 Å². The number of piperidine rings is 1. The lowest BCUT2D eigenvalue weighted by Gasteiger charge is -2.28. The standard InChI is InChI=1S/C20H29N3O2.ClH/c1-12-6-13(2)20(14(3)7-12)23-19(25)11-21-18(24)10-15-8-16-4-5-17(9-15)22-16;/h6-7,15-17,22H,4-5,8-11H2,1-3H3,(H,21,24)(H,23,25);1H.